The number of rotatable bonds is 3. The Kier molecular flexibility index (Phi) is 5.20. The van der Waals surface area contributed by atoms with Crippen LogP contribution < -0.4 is 10.6 Å². The molecule has 0 unspecified atom stereocenters. The van der Waals surface area contributed by atoms with E-state index in [0.717, 1.165) is 0 Å². The number of amides is 1. The fourth-order valence-corrected chi connectivity index (χ4v) is 3.05. The van der Waals surface area contributed by atoms with Gasteiger partial charge in [-0.25, -0.2) is 4.39 Å². The lowest BCUT2D eigenvalue weighted by atomic mass is 10.2. The van der Waals surface area contributed by atoms with E-state index in [2.05, 4.69) is 20.8 Å². The van der Waals surface area contributed by atoms with E-state index in [1.165, 1.54) is 16.9 Å². The van der Waals surface area contributed by atoms with Crippen molar-refractivity contribution in [2.75, 3.05) is 5.32 Å². The largest absolute Gasteiger partial charge is 0.332 e. The molecule has 0 saturated heterocycles. The van der Waals surface area contributed by atoms with Crippen LogP contribution in [-0.4, -0.2) is 26.0 Å². The Hall–Kier alpha value is -3.36. The number of hydrogen-bond donors (Lipinski definition) is 2. The molecule has 0 aliphatic rings. The highest BCUT2D eigenvalue weighted by molar-refractivity contribution is 7.80. The molecule has 0 fully saturated rings. The van der Waals surface area contributed by atoms with Crippen LogP contribution in [0, 0.1) is 5.82 Å². The summed E-state index contributed by atoms with van der Waals surface area (Å²) >= 11 is 11.1. The van der Waals surface area contributed by atoms with Crippen molar-refractivity contribution in [1.82, 2.24) is 20.3 Å². The third kappa shape index (κ3) is 4.39. The van der Waals surface area contributed by atoms with Crippen LogP contribution in [0.15, 0.2) is 66.7 Å². The van der Waals surface area contributed by atoms with Gasteiger partial charge in [0.2, 0.25) is 0 Å². The molecule has 0 saturated carbocycles. The standard InChI is InChI=1S/C20H13ClFN5OS/c21-13-3-1-2-12(10-13)19(28)24-20(29)23-15-6-9-17-18(11-15)26-27(25-17)16-7-4-14(22)5-8-16/h1-11H,(H2,23,24,28,29). The van der Waals surface area contributed by atoms with E-state index in [9.17, 15) is 9.18 Å². The molecule has 144 valence electrons. The van der Waals surface area contributed by atoms with E-state index in [-0.39, 0.29) is 16.8 Å². The Balaban J connectivity index is 1.48. The van der Waals surface area contributed by atoms with Crippen molar-refractivity contribution in [3.05, 3.63) is 83.1 Å². The van der Waals surface area contributed by atoms with Crippen molar-refractivity contribution in [2.24, 2.45) is 0 Å². The molecule has 0 spiro atoms. The predicted molar refractivity (Wildman–Crippen MR) is 114 cm³/mol. The molecule has 2 N–H and O–H groups in total. The van der Waals surface area contributed by atoms with Crippen LogP contribution in [0.2, 0.25) is 5.02 Å². The van der Waals surface area contributed by atoms with Crippen molar-refractivity contribution < 1.29 is 9.18 Å². The molecule has 1 amide bonds. The van der Waals surface area contributed by atoms with Gasteiger partial charge in [-0.1, -0.05) is 17.7 Å². The number of nitrogens with one attached hydrogen (secondary N) is 2. The van der Waals surface area contributed by atoms with Gasteiger partial charge in [-0.05, 0) is 72.9 Å². The summed E-state index contributed by atoms with van der Waals surface area (Å²) in [7, 11) is 0. The smallest absolute Gasteiger partial charge is 0.257 e. The molecule has 0 aliphatic carbocycles. The summed E-state index contributed by atoms with van der Waals surface area (Å²) in [6.45, 7) is 0. The molecular formula is C20H13ClFN5OS. The number of carbonyl (C=O) groups excluding carboxylic acids is 1. The van der Waals surface area contributed by atoms with Gasteiger partial charge in [-0.3, -0.25) is 10.1 Å². The molecule has 4 rings (SSSR count). The van der Waals surface area contributed by atoms with Crippen molar-refractivity contribution in [3.8, 4) is 5.69 Å². The third-order valence-electron chi connectivity index (χ3n) is 4.01. The second-order valence-electron chi connectivity index (χ2n) is 6.09. The van der Waals surface area contributed by atoms with Crippen molar-refractivity contribution >= 4 is 51.6 Å². The lowest BCUT2D eigenvalue weighted by Crippen LogP contribution is -2.34. The van der Waals surface area contributed by atoms with Gasteiger partial charge in [0, 0.05) is 16.3 Å². The normalized spacial score (nSPS) is 10.7. The van der Waals surface area contributed by atoms with Gasteiger partial charge in [0.1, 0.15) is 16.9 Å². The summed E-state index contributed by atoms with van der Waals surface area (Å²) in [5.74, 6) is -0.696. The van der Waals surface area contributed by atoms with Gasteiger partial charge in [0.15, 0.2) is 5.11 Å². The zero-order chi connectivity index (χ0) is 20.4. The monoisotopic (exact) mass is 425 g/mol. The summed E-state index contributed by atoms with van der Waals surface area (Å²) in [4.78, 5) is 13.7. The molecule has 1 heterocycles. The number of thiocarbonyl (C=S) groups is 1. The number of carbonyl (C=O) groups is 1. The first-order valence-corrected chi connectivity index (χ1v) is 9.27. The first kappa shape index (κ1) is 19.0. The first-order chi connectivity index (χ1) is 14.0. The quantitative estimate of drug-likeness (QED) is 0.478. The van der Waals surface area contributed by atoms with Gasteiger partial charge >= 0.3 is 0 Å². The van der Waals surface area contributed by atoms with Gasteiger partial charge in [0.25, 0.3) is 5.91 Å². The van der Waals surface area contributed by atoms with Gasteiger partial charge in [0.05, 0.1) is 5.69 Å². The molecule has 3 aromatic carbocycles. The molecule has 4 aromatic rings. The number of halogens is 2. The van der Waals surface area contributed by atoms with Crippen LogP contribution in [0.5, 0.6) is 0 Å². The molecular weight excluding hydrogens is 413 g/mol. The SMILES string of the molecule is O=C(NC(=S)Nc1ccc2nn(-c3ccc(F)cc3)nc2c1)c1cccc(Cl)c1. The molecule has 1 aromatic heterocycles. The molecule has 0 bridgehead atoms. The van der Waals surface area contributed by atoms with E-state index < -0.39 is 0 Å². The highest BCUT2D eigenvalue weighted by atomic mass is 35.5. The average molecular weight is 426 g/mol. The molecule has 0 radical (unpaired) electrons. The Morgan fingerprint density at radius 2 is 1.76 bits per heavy atom. The Morgan fingerprint density at radius 1 is 1.00 bits per heavy atom. The molecule has 0 aliphatic heterocycles. The molecule has 6 nitrogen and oxygen atoms in total. The maximum Gasteiger partial charge on any atom is 0.257 e. The minimum Gasteiger partial charge on any atom is -0.332 e. The molecule has 0 atom stereocenters. The number of anilines is 1. The Labute approximate surface area is 175 Å². The van der Waals surface area contributed by atoms with E-state index in [0.29, 0.717) is 33.0 Å². The summed E-state index contributed by atoms with van der Waals surface area (Å²) in [5.41, 5.74) is 2.96. The lowest BCUT2D eigenvalue weighted by Gasteiger charge is -2.09. The van der Waals surface area contributed by atoms with Gasteiger partial charge < -0.3 is 5.32 Å². The van der Waals surface area contributed by atoms with Crippen LogP contribution in [0.4, 0.5) is 10.1 Å². The zero-order valence-electron chi connectivity index (χ0n) is 14.8. The third-order valence-corrected chi connectivity index (χ3v) is 4.45. The summed E-state index contributed by atoms with van der Waals surface area (Å²) in [6, 6.07) is 17.7. The summed E-state index contributed by atoms with van der Waals surface area (Å²) in [5, 5.41) is 14.9. The van der Waals surface area contributed by atoms with E-state index in [4.69, 9.17) is 23.8 Å². The summed E-state index contributed by atoms with van der Waals surface area (Å²) < 4.78 is 13.1. The fourth-order valence-electron chi connectivity index (χ4n) is 2.65. The van der Waals surface area contributed by atoms with E-state index >= 15 is 0 Å². The number of aromatic nitrogens is 3. The van der Waals surface area contributed by atoms with Crippen molar-refractivity contribution in [1.29, 1.82) is 0 Å². The highest BCUT2D eigenvalue weighted by Gasteiger charge is 2.10. The Morgan fingerprint density at radius 3 is 2.52 bits per heavy atom. The highest BCUT2D eigenvalue weighted by Crippen LogP contribution is 2.18. The van der Waals surface area contributed by atoms with E-state index in [1.54, 1.807) is 54.6 Å². The second kappa shape index (κ2) is 7.94. The van der Waals surface area contributed by atoms with Crippen LogP contribution in [-0.2, 0) is 0 Å². The average Bonchev–Trinajstić information content (AvgIpc) is 3.11. The van der Waals surface area contributed by atoms with Crippen LogP contribution >= 0.6 is 23.8 Å². The minimum absolute atomic E-state index is 0.139. The maximum absolute atomic E-state index is 13.1. The first-order valence-electron chi connectivity index (χ1n) is 8.49. The Bertz CT molecular complexity index is 1230. The predicted octanol–water partition coefficient (Wildman–Crippen LogP) is 4.34. The topological polar surface area (TPSA) is 71.8 Å². The van der Waals surface area contributed by atoms with Gasteiger partial charge in [-0.15, -0.1) is 10.2 Å². The van der Waals surface area contributed by atoms with Crippen molar-refractivity contribution in [2.45, 2.75) is 0 Å². The number of hydrogen-bond acceptors (Lipinski definition) is 4. The molecule has 29 heavy (non-hydrogen) atoms. The lowest BCUT2D eigenvalue weighted by molar-refractivity contribution is 0.0977. The number of fused-ring (bicyclic) bond motifs is 1. The van der Waals surface area contributed by atoms with Gasteiger partial charge in [-0.2, -0.15) is 4.80 Å². The van der Waals surface area contributed by atoms with E-state index in [1.807, 2.05) is 0 Å². The molecule has 9 heteroatoms. The van der Waals surface area contributed by atoms with Crippen LogP contribution in [0.3, 0.4) is 0 Å². The van der Waals surface area contributed by atoms with Crippen molar-refractivity contribution in [3.63, 3.8) is 0 Å². The fraction of sp³-hybridized carbons (Fsp3) is 0. The second-order valence-corrected chi connectivity index (χ2v) is 6.93. The van der Waals surface area contributed by atoms with Crippen LogP contribution in [0.25, 0.3) is 16.7 Å². The van der Waals surface area contributed by atoms with Crippen LogP contribution in [0.1, 0.15) is 10.4 Å². The number of benzene rings is 3. The minimum atomic E-state index is -0.367. The number of nitrogens with zero attached hydrogens (tertiary/aromatic N) is 3. The maximum atomic E-state index is 13.1. The zero-order valence-corrected chi connectivity index (χ0v) is 16.3. The summed E-state index contributed by atoms with van der Waals surface area (Å²) in [6.07, 6.45) is 0.